The average molecular weight is 367 g/mol. The molecule has 0 saturated heterocycles. The van der Waals surface area contributed by atoms with E-state index in [4.69, 9.17) is 28.6 Å². The molecule has 126 valence electrons. The highest BCUT2D eigenvalue weighted by molar-refractivity contribution is 7.80. The summed E-state index contributed by atoms with van der Waals surface area (Å²) in [5.74, 6) is 0.209. The Morgan fingerprint density at radius 3 is 2.83 bits per heavy atom. The number of thiocarbonyl (C=S) groups is 1. The fourth-order valence-electron chi connectivity index (χ4n) is 1.94. The van der Waals surface area contributed by atoms with Crippen LogP contribution in [0.1, 0.15) is 18.1 Å². The van der Waals surface area contributed by atoms with Crippen LogP contribution in [0, 0.1) is 5.82 Å². The minimum Gasteiger partial charge on any atom is -0.488 e. The van der Waals surface area contributed by atoms with Gasteiger partial charge in [-0.2, -0.15) is 0 Å². The Kier molecular flexibility index (Phi) is 6.96. The molecule has 3 N–H and O–H groups in total. The summed E-state index contributed by atoms with van der Waals surface area (Å²) in [6.45, 7) is 2.73. The molecule has 0 bridgehead atoms. The Bertz CT molecular complexity index is 719. The van der Waals surface area contributed by atoms with E-state index in [-0.39, 0.29) is 12.4 Å². The van der Waals surface area contributed by atoms with Crippen molar-refractivity contribution in [2.45, 2.75) is 13.5 Å². The molecule has 0 heterocycles. The van der Waals surface area contributed by atoms with Crippen molar-refractivity contribution < 1.29 is 14.2 Å². The summed E-state index contributed by atoms with van der Waals surface area (Å²) in [5.41, 5.74) is 3.95. The number of para-hydroxylation sites is 1. The second-order valence-electron chi connectivity index (χ2n) is 4.80. The fraction of sp³-hybridized carbons (Fsp3) is 0.176. The van der Waals surface area contributed by atoms with E-state index < -0.39 is 0 Å². The molecule has 2 aromatic rings. The van der Waals surface area contributed by atoms with E-state index in [9.17, 15) is 4.39 Å². The minimum atomic E-state index is -0.389. The van der Waals surface area contributed by atoms with E-state index in [0.29, 0.717) is 21.4 Å². The van der Waals surface area contributed by atoms with Gasteiger partial charge in [-0.05, 0) is 43.4 Å². The molecule has 24 heavy (non-hydrogen) atoms. The van der Waals surface area contributed by atoms with Crippen molar-refractivity contribution in [3.05, 3.63) is 64.4 Å². The first-order valence-electron chi connectivity index (χ1n) is 7.39. The van der Waals surface area contributed by atoms with Crippen LogP contribution < -0.4 is 20.6 Å². The van der Waals surface area contributed by atoms with Gasteiger partial charge in [0.05, 0.1) is 10.6 Å². The predicted molar refractivity (Wildman–Crippen MR) is 97.7 cm³/mol. The van der Waals surface area contributed by atoms with Gasteiger partial charge in [-0.3, -0.25) is 0 Å². The van der Waals surface area contributed by atoms with Crippen molar-refractivity contribution in [3.8, 4) is 5.75 Å². The lowest BCUT2D eigenvalue weighted by Gasteiger charge is -2.10. The lowest BCUT2D eigenvalue weighted by atomic mass is 10.2. The van der Waals surface area contributed by atoms with Crippen LogP contribution in [-0.2, 0) is 6.61 Å². The van der Waals surface area contributed by atoms with Gasteiger partial charge in [0, 0.05) is 12.1 Å². The van der Waals surface area contributed by atoms with Crippen molar-refractivity contribution in [1.29, 1.82) is 0 Å². The Balaban J connectivity index is 2.06. The maximum atomic E-state index is 13.8. The van der Waals surface area contributed by atoms with E-state index in [0.717, 1.165) is 12.1 Å². The molecule has 0 atom stereocenters. The van der Waals surface area contributed by atoms with E-state index in [1.807, 2.05) is 25.1 Å². The summed E-state index contributed by atoms with van der Waals surface area (Å²) in [5, 5.41) is 6.68. The molecule has 0 spiro atoms. The maximum Gasteiger partial charge on any atom is 0.223 e. The molecule has 0 radical (unpaired) electrons. The molecule has 2 rings (SSSR count). The third kappa shape index (κ3) is 5.18. The molecule has 2 aromatic carbocycles. The monoisotopic (exact) mass is 366 g/mol. The second-order valence-corrected chi connectivity index (χ2v) is 5.62. The third-order valence-corrected chi connectivity index (χ3v) is 3.70. The van der Waals surface area contributed by atoms with Crippen molar-refractivity contribution in [2.75, 3.05) is 6.54 Å². The van der Waals surface area contributed by atoms with Gasteiger partial charge in [0.15, 0.2) is 0 Å². The van der Waals surface area contributed by atoms with Crippen LogP contribution in [-0.4, -0.2) is 17.9 Å². The van der Waals surface area contributed by atoms with Gasteiger partial charge in [0.2, 0.25) is 11.3 Å². The number of benzene rings is 2. The number of nitrogens with one attached hydrogen (secondary N) is 3. The van der Waals surface area contributed by atoms with E-state index >= 15 is 0 Å². The first-order chi connectivity index (χ1) is 11.6. The first kappa shape index (κ1) is 18.2. The van der Waals surface area contributed by atoms with Crippen LogP contribution in [0.5, 0.6) is 5.75 Å². The highest BCUT2D eigenvalue weighted by Gasteiger charge is 2.09. The lowest BCUT2D eigenvalue weighted by Crippen LogP contribution is -2.82. The van der Waals surface area contributed by atoms with Crippen molar-refractivity contribution in [3.63, 3.8) is 0 Å². The van der Waals surface area contributed by atoms with Crippen LogP contribution in [0.25, 0.3) is 0 Å². The van der Waals surface area contributed by atoms with Crippen LogP contribution in [0.3, 0.4) is 0 Å². The normalized spacial score (nSPS) is 10.6. The average Bonchev–Trinajstić information content (AvgIpc) is 2.56. The van der Waals surface area contributed by atoms with Crippen LogP contribution in [0.15, 0.2) is 42.5 Å². The summed E-state index contributed by atoms with van der Waals surface area (Å²) < 4.78 is 19.5. The highest BCUT2D eigenvalue weighted by atomic mass is 35.5. The van der Waals surface area contributed by atoms with Gasteiger partial charge in [0.25, 0.3) is 0 Å². The van der Waals surface area contributed by atoms with Gasteiger partial charge in [-0.25, -0.2) is 4.39 Å². The van der Waals surface area contributed by atoms with Gasteiger partial charge in [-0.15, -0.1) is 10.5 Å². The number of ether oxygens (including phenoxy) is 1. The lowest BCUT2D eigenvalue weighted by molar-refractivity contribution is -0.500. The standard InChI is InChI=1S/C17H17ClFN3OS/c1-2-20-17(24)22-21-10-12-6-3-4-9-16(12)23-11-13-14(18)7-5-8-15(13)19/h3-10H,2,11H2,1H3,(H2,20,22,24)/p+1. The zero-order valence-electron chi connectivity index (χ0n) is 13.1. The maximum absolute atomic E-state index is 13.8. The van der Waals surface area contributed by atoms with Crippen molar-refractivity contribution in [2.24, 2.45) is 0 Å². The van der Waals surface area contributed by atoms with E-state index in [1.165, 1.54) is 6.07 Å². The third-order valence-electron chi connectivity index (χ3n) is 3.10. The number of rotatable bonds is 6. The number of halogens is 2. The molecule has 0 amide bonds. The van der Waals surface area contributed by atoms with Crippen molar-refractivity contribution in [1.82, 2.24) is 10.7 Å². The van der Waals surface area contributed by atoms with Gasteiger partial charge >= 0.3 is 0 Å². The van der Waals surface area contributed by atoms with Crippen LogP contribution in [0.4, 0.5) is 4.39 Å². The number of hydrogen-bond acceptors (Lipinski definition) is 2. The molecule has 0 fully saturated rings. The van der Waals surface area contributed by atoms with Crippen LogP contribution >= 0.6 is 23.8 Å². The van der Waals surface area contributed by atoms with Gasteiger partial charge in [-0.1, -0.05) is 29.8 Å². The Labute approximate surface area is 150 Å². The van der Waals surface area contributed by atoms with E-state index in [1.54, 1.807) is 24.4 Å². The minimum absolute atomic E-state index is 0.0413. The quantitative estimate of drug-likeness (QED) is 0.415. The molecule has 0 aromatic heterocycles. The molecule has 0 aliphatic rings. The molecule has 7 heteroatoms. The molecule has 0 unspecified atom stereocenters. The second kappa shape index (κ2) is 9.20. The summed E-state index contributed by atoms with van der Waals surface area (Å²) in [6.07, 6.45) is 1.71. The predicted octanol–water partition coefficient (Wildman–Crippen LogP) is 1.96. The van der Waals surface area contributed by atoms with Gasteiger partial charge in [0.1, 0.15) is 18.2 Å². The zero-order valence-corrected chi connectivity index (χ0v) is 14.7. The first-order valence-corrected chi connectivity index (χ1v) is 8.17. The smallest absolute Gasteiger partial charge is 0.223 e. The van der Waals surface area contributed by atoms with Crippen LogP contribution in [0.2, 0.25) is 5.02 Å². The summed E-state index contributed by atoms with van der Waals surface area (Å²) in [6, 6.07) is 11.9. The van der Waals surface area contributed by atoms with Gasteiger partial charge < -0.3 is 10.1 Å². The Morgan fingerprint density at radius 1 is 1.29 bits per heavy atom. The topological polar surface area (TPSA) is 47.3 Å². The Morgan fingerprint density at radius 2 is 2.08 bits per heavy atom. The SMILES string of the molecule is CCNC(=S)N[NH+]=Cc1ccccc1OCc1c(F)cccc1Cl. The zero-order chi connectivity index (χ0) is 17.4. The molecule has 0 saturated carbocycles. The number of hydrogen-bond donors (Lipinski definition) is 3. The fourth-order valence-corrected chi connectivity index (χ4v) is 2.36. The molecule has 0 aliphatic carbocycles. The summed E-state index contributed by atoms with van der Waals surface area (Å²) >= 11 is 11.1. The van der Waals surface area contributed by atoms with Crippen molar-refractivity contribution >= 4 is 35.1 Å². The Hall–Kier alpha value is -2.18. The summed E-state index contributed by atoms with van der Waals surface area (Å²) in [7, 11) is 0. The molecule has 0 aliphatic heterocycles. The van der Waals surface area contributed by atoms with E-state index in [2.05, 4.69) is 15.8 Å². The molecular formula is C17H18ClFN3OS+. The molecule has 4 nitrogen and oxygen atoms in total. The largest absolute Gasteiger partial charge is 0.488 e. The number of hydrazine groups is 1. The number of hydrazone groups is 1. The highest BCUT2D eigenvalue weighted by Crippen LogP contribution is 2.22. The molecular weight excluding hydrogens is 349 g/mol. The summed E-state index contributed by atoms with van der Waals surface area (Å²) in [4.78, 5) is 0.